The molecule has 1 aromatic heterocycles. The van der Waals surface area contributed by atoms with Gasteiger partial charge >= 0.3 is 0 Å². The van der Waals surface area contributed by atoms with Crippen molar-refractivity contribution in [2.24, 2.45) is 0 Å². The molecular weight excluding hydrogens is 371 g/mol. The van der Waals surface area contributed by atoms with E-state index in [1.54, 1.807) is 23.2 Å². The Bertz CT molecular complexity index is 851. The van der Waals surface area contributed by atoms with E-state index in [1.807, 2.05) is 23.1 Å². The highest BCUT2D eigenvalue weighted by atomic mass is 19.1. The Morgan fingerprint density at radius 2 is 1.83 bits per heavy atom. The normalized spacial score (nSPS) is 20.1. The lowest BCUT2D eigenvalue weighted by molar-refractivity contribution is -0.149. The van der Waals surface area contributed by atoms with Crippen molar-refractivity contribution in [2.45, 2.75) is 31.8 Å². The van der Waals surface area contributed by atoms with Gasteiger partial charge in [-0.1, -0.05) is 18.2 Å². The number of carbonyl (C=O) groups excluding carboxylic acids is 2. The number of rotatable bonds is 4. The molecule has 1 aromatic carbocycles. The van der Waals surface area contributed by atoms with Crippen molar-refractivity contribution in [1.29, 1.82) is 0 Å². The number of benzene rings is 1. The van der Waals surface area contributed by atoms with Crippen molar-refractivity contribution in [3.8, 4) is 0 Å². The highest BCUT2D eigenvalue weighted by Gasteiger charge is 2.36. The number of aromatic nitrogens is 1. The lowest BCUT2D eigenvalue weighted by Gasteiger charge is -2.41. The summed E-state index contributed by atoms with van der Waals surface area (Å²) in [6, 6.07) is 11.5. The van der Waals surface area contributed by atoms with Gasteiger partial charge in [-0.3, -0.25) is 9.59 Å². The summed E-state index contributed by atoms with van der Waals surface area (Å²) in [4.78, 5) is 35.9. The summed E-state index contributed by atoms with van der Waals surface area (Å²) in [6.07, 6.45) is 3.63. The number of anilines is 1. The second-order valence-electron chi connectivity index (χ2n) is 7.56. The molecule has 0 bridgehead atoms. The van der Waals surface area contributed by atoms with Crippen LogP contribution in [-0.2, 0) is 16.1 Å². The summed E-state index contributed by atoms with van der Waals surface area (Å²) < 4.78 is 13.2. The van der Waals surface area contributed by atoms with Gasteiger partial charge in [0.15, 0.2) is 0 Å². The largest absolute Gasteiger partial charge is 0.353 e. The molecular formula is C22H25FN4O2. The van der Waals surface area contributed by atoms with Crippen molar-refractivity contribution in [3.05, 3.63) is 60.0 Å². The Labute approximate surface area is 169 Å². The predicted molar refractivity (Wildman–Crippen MR) is 108 cm³/mol. The molecule has 2 saturated heterocycles. The molecule has 3 heterocycles. The molecule has 4 rings (SSSR count). The van der Waals surface area contributed by atoms with Crippen molar-refractivity contribution in [3.63, 3.8) is 0 Å². The summed E-state index contributed by atoms with van der Waals surface area (Å²) in [6.45, 7) is 3.02. The van der Waals surface area contributed by atoms with Crippen LogP contribution in [0.4, 0.5) is 10.2 Å². The van der Waals surface area contributed by atoms with E-state index >= 15 is 0 Å². The van der Waals surface area contributed by atoms with Gasteiger partial charge in [-0.2, -0.15) is 0 Å². The molecule has 2 aromatic rings. The zero-order valence-corrected chi connectivity index (χ0v) is 16.3. The average molecular weight is 396 g/mol. The van der Waals surface area contributed by atoms with Crippen LogP contribution in [0.5, 0.6) is 0 Å². The minimum absolute atomic E-state index is 0.00829. The lowest BCUT2D eigenvalue weighted by atomic mass is 9.99. The van der Waals surface area contributed by atoms with E-state index in [4.69, 9.17) is 0 Å². The third-order valence-corrected chi connectivity index (χ3v) is 5.68. The molecule has 0 radical (unpaired) electrons. The molecule has 0 saturated carbocycles. The number of piperidine rings is 1. The SMILES string of the molecule is O=C(C1CCCC(=O)N1Cc1ccc(F)cc1)N1CCN(c2ccccn2)CC1. The monoisotopic (exact) mass is 396 g/mol. The molecule has 1 unspecified atom stereocenters. The van der Waals surface area contributed by atoms with E-state index in [0.29, 0.717) is 32.5 Å². The van der Waals surface area contributed by atoms with Crippen LogP contribution in [0.15, 0.2) is 48.7 Å². The van der Waals surface area contributed by atoms with Gasteiger partial charge in [0.05, 0.1) is 0 Å². The van der Waals surface area contributed by atoms with Crippen molar-refractivity contribution < 1.29 is 14.0 Å². The van der Waals surface area contributed by atoms with Crippen LogP contribution in [-0.4, -0.2) is 58.8 Å². The molecule has 0 N–H and O–H groups in total. The van der Waals surface area contributed by atoms with Crippen LogP contribution in [0.2, 0.25) is 0 Å². The molecule has 0 aliphatic carbocycles. The molecule has 0 spiro atoms. The Morgan fingerprint density at radius 1 is 1.07 bits per heavy atom. The van der Waals surface area contributed by atoms with Gasteiger partial charge in [0, 0.05) is 45.3 Å². The maximum absolute atomic E-state index is 13.2. The Kier molecular flexibility index (Phi) is 5.74. The summed E-state index contributed by atoms with van der Waals surface area (Å²) in [5.74, 6) is 0.620. The van der Waals surface area contributed by atoms with Gasteiger partial charge in [-0.25, -0.2) is 9.37 Å². The summed E-state index contributed by atoms with van der Waals surface area (Å²) in [7, 11) is 0. The van der Waals surface area contributed by atoms with E-state index in [-0.39, 0.29) is 17.6 Å². The standard InChI is InChI=1S/C22H25FN4O2/c23-18-9-7-17(8-10-18)16-27-19(4-3-6-21(27)28)22(29)26-14-12-25(13-15-26)20-5-1-2-11-24-20/h1-2,5,7-11,19H,3-4,6,12-16H2. The number of amides is 2. The average Bonchev–Trinajstić information content (AvgIpc) is 2.77. The van der Waals surface area contributed by atoms with Crippen LogP contribution in [0.25, 0.3) is 0 Å². The Hall–Kier alpha value is -2.96. The molecule has 2 aliphatic heterocycles. The second kappa shape index (κ2) is 8.59. The molecule has 7 heteroatoms. The van der Waals surface area contributed by atoms with Gasteiger partial charge in [0.2, 0.25) is 11.8 Å². The molecule has 1 atom stereocenters. The number of carbonyl (C=O) groups is 2. The molecule has 152 valence electrons. The molecule has 2 fully saturated rings. The molecule has 2 aliphatic rings. The smallest absolute Gasteiger partial charge is 0.245 e. The van der Waals surface area contributed by atoms with Gasteiger partial charge in [-0.05, 0) is 42.7 Å². The number of hydrogen-bond acceptors (Lipinski definition) is 4. The number of piperazine rings is 1. The summed E-state index contributed by atoms with van der Waals surface area (Å²) >= 11 is 0. The summed E-state index contributed by atoms with van der Waals surface area (Å²) in [5.41, 5.74) is 0.833. The highest BCUT2D eigenvalue weighted by Crippen LogP contribution is 2.24. The van der Waals surface area contributed by atoms with E-state index < -0.39 is 6.04 Å². The zero-order chi connectivity index (χ0) is 20.2. The van der Waals surface area contributed by atoms with Gasteiger partial charge in [-0.15, -0.1) is 0 Å². The van der Waals surface area contributed by atoms with E-state index in [0.717, 1.165) is 30.9 Å². The first-order valence-electron chi connectivity index (χ1n) is 10.1. The topological polar surface area (TPSA) is 56.8 Å². The zero-order valence-electron chi connectivity index (χ0n) is 16.3. The number of halogens is 1. The molecule has 2 amide bonds. The minimum atomic E-state index is -0.442. The van der Waals surface area contributed by atoms with Crippen molar-refractivity contribution in [2.75, 3.05) is 31.1 Å². The first kappa shape index (κ1) is 19.4. The second-order valence-corrected chi connectivity index (χ2v) is 7.56. The quantitative estimate of drug-likeness (QED) is 0.797. The van der Waals surface area contributed by atoms with Crippen molar-refractivity contribution >= 4 is 17.6 Å². The van der Waals surface area contributed by atoms with E-state index in [1.165, 1.54) is 12.1 Å². The Balaban J connectivity index is 1.42. The minimum Gasteiger partial charge on any atom is -0.353 e. The highest BCUT2D eigenvalue weighted by molar-refractivity contribution is 5.89. The maximum Gasteiger partial charge on any atom is 0.245 e. The fraction of sp³-hybridized carbons (Fsp3) is 0.409. The van der Waals surface area contributed by atoms with Gasteiger partial charge in [0.1, 0.15) is 17.7 Å². The van der Waals surface area contributed by atoms with Crippen LogP contribution in [0.1, 0.15) is 24.8 Å². The lowest BCUT2D eigenvalue weighted by Crippen LogP contribution is -2.57. The number of nitrogens with zero attached hydrogens (tertiary/aromatic N) is 4. The number of pyridine rings is 1. The fourth-order valence-corrected chi connectivity index (χ4v) is 4.07. The van der Waals surface area contributed by atoms with Crippen LogP contribution in [0, 0.1) is 5.82 Å². The molecule has 29 heavy (non-hydrogen) atoms. The van der Waals surface area contributed by atoms with Gasteiger partial charge in [0.25, 0.3) is 0 Å². The van der Waals surface area contributed by atoms with E-state index in [9.17, 15) is 14.0 Å². The maximum atomic E-state index is 13.2. The van der Waals surface area contributed by atoms with Crippen molar-refractivity contribution in [1.82, 2.24) is 14.8 Å². The molecule has 6 nitrogen and oxygen atoms in total. The van der Waals surface area contributed by atoms with Crippen LogP contribution < -0.4 is 4.90 Å². The third kappa shape index (κ3) is 4.39. The first-order valence-corrected chi connectivity index (χ1v) is 10.1. The number of likely N-dealkylation sites (tertiary alicyclic amines) is 1. The number of hydrogen-bond donors (Lipinski definition) is 0. The Morgan fingerprint density at radius 3 is 2.52 bits per heavy atom. The van der Waals surface area contributed by atoms with Crippen LogP contribution >= 0.6 is 0 Å². The fourth-order valence-electron chi connectivity index (χ4n) is 4.07. The summed E-state index contributed by atoms with van der Waals surface area (Å²) in [5, 5.41) is 0. The van der Waals surface area contributed by atoms with E-state index in [2.05, 4.69) is 9.88 Å². The first-order chi connectivity index (χ1) is 14.1. The third-order valence-electron chi connectivity index (χ3n) is 5.68. The van der Waals surface area contributed by atoms with Gasteiger partial charge < -0.3 is 14.7 Å². The predicted octanol–water partition coefficient (Wildman–Crippen LogP) is 2.45. The van der Waals surface area contributed by atoms with Crippen LogP contribution in [0.3, 0.4) is 0 Å².